The van der Waals surface area contributed by atoms with E-state index in [2.05, 4.69) is 12.2 Å². The molecular formula is C41H51FN2O5. The molecule has 0 radical (unpaired) electrons. The molecule has 1 aromatic heterocycles. The summed E-state index contributed by atoms with van der Waals surface area (Å²) in [5, 5.41) is 24.8. The number of ether oxygens (including phenoxy) is 1. The molecule has 0 aliphatic heterocycles. The maximum absolute atomic E-state index is 14.2. The molecule has 4 aromatic rings. The molecule has 3 aromatic carbocycles. The Balaban J connectivity index is 1.59. The third-order valence-corrected chi connectivity index (χ3v) is 8.68. The lowest BCUT2D eigenvalue weighted by Gasteiger charge is -2.20. The second-order valence-corrected chi connectivity index (χ2v) is 13.0. The summed E-state index contributed by atoms with van der Waals surface area (Å²) < 4.78 is 21.5. The van der Waals surface area contributed by atoms with Gasteiger partial charge in [0.1, 0.15) is 5.82 Å². The van der Waals surface area contributed by atoms with E-state index in [9.17, 15) is 24.2 Å². The van der Waals surface area contributed by atoms with E-state index in [0.29, 0.717) is 30.0 Å². The zero-order valence-electron chi connectivity index (χ0n) is 29.0. The molecule has 262 valence electrons. The zero-order valence-corrected chi connectivity index (χ0v) is 29.0. The number of amides is 1. The van der Waals surface area contributed by atoms with Gasteiger partial charge in [-0.25, -0.2) is 4.39 Å². The Morgan fingerprint density at radius 2 is 1.45 bits per heavy atom. The number of benzene rings is 3. The number of para-hydroxylation sites is 1. The highest BCUT2D eigenvalue weighted by Crippen LogP contribution is 2.42. The summed E-state index contributed by atoms with van der Waals surface area (Å²) in [6, 6.07) is 25.1. The summed E-state index contributed by atoms with van der Waals surface area (Å²) >= 11 is 0. The van der Waals surface area contributed by atoms with Crippen LogP contribution in [0.5, 0.6) is 0 Å². The van der Waals surface area contributed by atoms with Gasteiger partial charge in [-0.2, -0.15) is 0 Å². The number of unbranched alkanes of at least 4 members (excludes halogenated alkanes) is 5. The maximum Gasteiger partial charge on any atom is 0.308 e. The molecule has 49 heavy (non-hydrogen) atoms. The standard InChI is InChI=1S/C41H51FN2O5/c1-4-5-6-7-8-15-26-49-36(47)28-35(46)27-34(45)24-25-44-39(29(2)3)38(41(48)43-33-18-13-10-14-19-33)37(30-16-11-9-12-17-30)40(44)31-20-22-32(42)23-21-31/h9-14,16-23,29,34-35,45-46H,4-8,15,24-28H2,1-3H3,(H,43,48)/t34-,35-/m1/s1. The van der Waals surface area contributed by atoms with E-state index < -0.39 is 18.2 Å². The van der Waals surface area contributed by atoms with Crippen molar-refractivity contribution in [2.24, 2.45) is 0 Å². The predicted octanol–water partition coefficient (Wildman–Crippen LogP) is 9.13. The van der Waals surface area contributed by atoms with Crippen molar-refractivity contribution >= 4 is 17.6 Å². The Hall–Kier alpha value is -4.27. The van der Waals surface area contributed by atoms with Gasteiger partial charge in [-0.05, 0) is 72.7 Å². The van der Waals surface area contributed by atoms with Gasteiger partial charge >= 0.3 is 5.97 Å². The molecule has 3 N–H and O–H groups in total. The second kappa shape index (κ2) is 19.1. The molecule has 0 bridgehead atoms. The molecule has 8 heteroatoms. The number of nitrogens with zero attached hydrogens (tertiary/aromatic N) is 1. The third-order valence-electron chi connectivity index (χ3n) is 8.68. The van der Waals surface area contributed by atoms with Gasteiger partial charge in [-0.15, -0.1) is 0 Å². The first-order chi connectivity index (χ1) is 23.7. The van der Waals surface area contributed by atoms with Gasteiger partial charge in [0.05, 0.1) is 36.5 Å². The van der Waals surface area contributed by atoms with Crippen LogP contribution in [0.2, 0.25) is 0 Å². The van der Waals surface area contributed by atoms with Gasteiger partial charge in [0, 0.05) is 23.5 Å². The highest BCUT2D eigenvalue weighted by atomic mass is 19.1. The number of aliphatic hydroxyl groups excluding tert-OH is 2. The van der Waals surface area contributed by atoms with Crippen LogP contribution in [0.3, 0.4) is 0 Å². The fraction of sp³-hybridized carbons (Fsp3) is 0.415. The van der Waals surface area contributed by atoms with Crippen LogP contribution in [-0.2, 0) is 16.1 Å². The number of carbonyl (C=O) groups is 2. The number of halogens is 1. The molecular weight excluding hydrogens is 619 g/mol. The lowest BCUT2D eigenvalue weighted by Crippen LogP contribution is -2.23. The van der Waals surface area contributed by atoms with Crippen LogP contribution >= 0.6 is 0 Å². The van der Waals surface area contributed by atoms with Crippen LogP contribution in [-0.4, -0.2) is 45.5 Å². The molecule has 0 fully saturated rings. The normalized spacial score (nSPS) is 12.6. The summed E-state index contributed by atoms with van der Waals surface area (Å²) in [6.07, 6.45) is 4.60. The molecule has 0 spiro atoms. The number of rotatable bonds is 19. The number of anilines is 1. The summed E-state index contributed by atoms with van der Waals surface area (Å²) in [6.45, 7) is 6.86. The average Bonchev–Trinajstić information content (AvgIpc) is 3.43. The van der Waals surface area contributed by atoms with Crippen molar-refractivity contribution in [3.05, 3.63) is 102 Å². The van der Waals surface area contributed by atoms with Gasteiger partial charge in [0.25, 0.3) is 5.91 Å². The van der Waals surface area contributed by atoms with Crippen molar-refractivity contribution in [3.8, 4) is 22.4 Å². The van der Waals surface area contributed by atoms with Gasteiger partial charge in [-0.3, -0.25) is 9.59 Å². The minimum Gasteiger partial charge on any atom is -0.466 e. The number of aliphatic hydroxyl groups is 2. The molecule has 1 heterocycles. The molecule has 0 unspecified atom stereocenters. The highest BCUT2D eigenvalue weighted by Gasteiger charge is 2.31. The number of hydrogen-bond donors (Lipinski definition) is 3. The van der Waals surface area contributed by atoms with Crippen LogP contribution in [0.25, 0.3) is 22.4 Å². The van der Waals surface area contributed by atoms with Crippen LogP contribution in [0, 0.1) is 5.82 Å². The van der Waals surface area contributed by atoms with Crippen molar-refractivity contribution in [2.75, 3.05) is 11.9 Å². The van der Waals surface area contributed by atoms with E-state index in [1.54, 1.807) is 12.1 Å². The first-order valence-corrected chi connectivity index (χ1v) is 17.6. The Bertz CT molecular complexity index is 1600. The van der Waals surface area contributed by atoms with E-state index in [1.807, 2.05) is 79.1 Å². The third kappa shape index (κ3) is 10.9. The average molecular weight is 671 g/mol. The van der Waals surface area contributed by atoms with E-state index in [1.165, 1.54) is 31.4 Å². The second-order valence-electron chi connectivity index (χ2n) is 13.0. The lowest BCUT2D eigenvalue weighted by atomic mass is 9.94. The topological polar surface area (TPSA) is 101 Å². The van der Waals surface area contributed by atoms with Crippen molar-refractivity contribution in [2.45, 2.75) is 103 Å². The summed E-state index contributed by atoms with van der Waals surface area (Å²) in [7, 11) is 0. The summed E-state index contributed by atoms with van der Waals surface area (Å²) in [5.41, 5.74) is 4.95. The van der Waals surface area contributed by atoms with Crippen molar-refractivity contribution in [3.63, 3.8) is 0 Å². The summed E-state index contributed by atoms with van der Waals surface area (Å²) in [4.78, 5) is 26.5. The molecule has 1 amide bonds. The van der Waals surface area contributed by atoms with Gasteiger partial charge in [0.15, 0.2) is 0 Å². The van der Waals surface area contributed by atoms with E-state index in [-0.39, 0.29) is 36.9 Å². The molecule has 0 saturated carbocycles. The smallest absolute Gasteiger partial charge is 0.308 e. The van der Waals surface area contributed by atoms with Crippen molar-refractivity contribution in [1.82, 2.24) is 4.57 Å². The van der Waals surface area contributed by atoms with E-state index in [0.717, 1.165) is 41.8 Å². The monoisotopic (exact) mass is 670 g/mol. The van der Waals surface area contributed by atoms with Gasteiger partial charge in [-0.1, -0.05) is 101 Å². The number of aromatic nitrogens is 1. The molecule has 7 nitrogen and oxygen atoms in total. The molecule has 0 aliphatic rings. The van der Waals surface area contributed by atoms with Crippen LogP contribution in [0.1, 0.15) is 101 Å². The highest BCUT2D eigenvalue weighted by molar-refractivity contribution is 6.12. The van der Waals surface area contributed by atoms with Crippen LogP contribution in [0.4, 0.5) is 10.1 Å². The minimum absolute atomic E-state index is 0.00315. The zero-order chi connectivity index (χ0) is 35.2. The number of carbonyl (C=O) groups excluding carboxylic acids is 2. The SMILES string of the molecule is CCCCCCCCOC(=O)C[C@H](O)C[C@H](O)CCn1c(-c2ccc(F)cc2)c(-c2ccccc2)c(C(=O)Nc2ccccc2)c1C(C)C. The first kappa shape index (κ1) is 37.5. The van der Waals surface area contributed by atoms with Crippen LogP contribution < -0.4 is 5.32 Å². The Morgan fingerprint density at radius 3 is 2.10 bits per heavy atom. The minimum atomic E-state index is -1.05. The van der Waals surface area contributed by atoms with Crippen LogP contribution in [0.15, 0.2) is 84.9 Å². The molecule has 0 saturated heterocycles. The van der Waals surface area contributed by atoms with Crippen molar-refractivity contribution < 1.29 is 28.9 Å². The fourth-order valence-corrected chi connectivity index (χ4v) is 6.32. The predicted molar refractivity (Wildman–Crippen MR) is 194 cm³/mol. The maximum atomic E-state index is 14.2. The van der Waals surface area contributed by atoms with Gasteiger partial charge in [0.2, 0.25) is 0 Å². The number of nitrogens with one attached hydrogen (secondary N) is 1. The molecule has 4 rings (SSSR count). The Labute approximate surface area is 290 Å². The number of esters is 1. The Kier molecular flexibility index (Phi) is 14.6. The largest absolute Gasteiger partial charge is 0.466 e. The van der Waals surface area contributed by atoms with Crippen molar-refractivity contribution in [1.29, 1.82) is 0 Å². The molecule has 0 aliphatic carbocycles. The Morgan fingerprint density at radius 1 is 0.816 bits per heavy atom. The van der Waals surface area contributed by atoms with E-state index >= 15 is 0 Å². The number of hydrogen-bond acceptors (Lipinski definition) is 5. The lowest BCUT2D eigenvalue weighted by molar-refractivity contribution is -0.146. The fourth-order valence-electron chi connectivity index (χ4n) is 6.32. The molecule has 2 atom stereocenters. The van der Waals surface area contributed by atoms with E-state index in [4.69, 9.17) is 4.74 Å². The van der Waals surface area contributed by atoms with Gasteiger partial charge < -0.3 is 24.8 Å². The first-order valence-electron chi connectivity index (χ1n) is 17.6. The summed E-state index contributed by atoms with van der Waals surface area (Å²) in [5.74, 6) is -1.21. The quantitative estimate of drug-likeness (QED) is 0.0683.